The summed E-state index contributed by atoms with van der Waals surface area (Å²) in [6.45, 7) is 9.11. The van der Waals surface area contributed by atoms with E-state index in [1.807, 2.05) is 33.8 Å². The van der Waals surface area contributed by atoms with E-state index in [1.54, 1.807) is 55.5 Å². The summed E-state index contributed by atoms with van der Waals surface area (Å²) >= 11 is 0. The lowest BCUT2D eigenvalue weighted by Gasteiger charge is -2.15. The molecule has 0 aliphatic rings. The second-order valence-corrected chi connectivity index (χ2v) is 10.1. The first-order valence-corrected chi connectivity index (χ1v) is 12.4. The summed E-state index contributed by atoms with van der Waals surface area (Å²) in [4.78, 5) is 25.5. The molecule has 2 amide bonds. The highest BCUT2D eigenvalue weighted by Crippen LogP contribution is 2.25. The number of amides is 2. The predicted molar refractivity (Wildman–Crippen MR) is 135 cm³/mol. The maximum atomic E-state index is 13.2. The molecule has 0 spiro atoms. The average molecular weight is 480 g/mol. The van der Waals surface area contributed by atoms with Crippen LogP contribution in [0.3, 0.4) is 0 Å². The van der Waals surface area contributed by atoms with Crippen LogP contribution >= 0.6 is 0 Å². The first-order chi connectivity index (χ1) is 16.0. The number of carbonyl (C=O) groups is 2. The number of rotatable bonds is 7. The molecule has 3 aromatic rings. The largest absolute Gasteiger partial charge is 0.350 e. The Kier molecular flexibility index (Phi) is 7.41. The quantitative estimate of drug-likeness (QED) is 0.453. The van der Waals surface area contributed by atoms with Gasteiger partial charge in [0.25, 0.3) is 21.8 Å². The first kappa shape index (κ1) is 25.0. The Morgan fingerprint density at radius 2 is 1.47 bits per heavy atom. The number of hydrogen-bond acceptors (Lipinski definition) is 4. The van der Waals surface area contributed by atoms with Gasteiger partial charge < -0.3 is 10.6 Å². The van der Waals surface area contributed by atoms with E-state index in [1.165, 1.54) is 6.07 Å². The molecule has 3 rings (SSSR count). The van der Waals surface area contributed by atoms with Crippen LogP contribution in [0.2, 0.25) is 0 Å². The van der Waals surface area contributed by atoms with Gasteiger partial charge in [0, 0.05) is 11.6 Å². The summed E-state index contributed by atoms with van der Waals surface area (Å²) in [6.07, 6.45) is 0. The van der Waals surface area contributed by atoms with Gasteiger partial charge in [0.2, 0.25) is 0 Å². The maximum Gasteiger partial charge on any atom is 0.262 e. The molecule has 0 bridgehead atoms. The van der Waals surface area contributed by atoms with Gasteiger partial charge in [-0.2, -0.15) is 0 Å². The van der Waals surface area contributed by atoms with Crippen LogP contribution < -0.4 is 15.4 Å². The molecule has 0 unspecified atom stereocenters. The van der Waals surface area contributed by atoms with Crippen LogP contribution in [-0.2, 0) is 10.0 Å². The third-order valence-electron chi connectivity index (χ3n) is 5.43. The minimum absolute atomic E-state index is 0.00638. The minimum Gasteiger partial charge on any atom is -0.350 e. The van der Waals surface area contributed by atoms with E-state index in [2.05, 4.69) is 15.4 Å². The highest BCUT2D eigenvalue weighted by molar-refractivity contribution is 7.92. The molecule has 0 aliphatic heterocycles. The topological polar surface area (TPSA) is 104 Å². The molecular weight excluding hydrogens is 450 g/mol. The van der Waals surface area contributed by atoms with Crippen LogP contribution in [0.25, 0.3) is 0 Å². The van der Waals surface area contributed by atoms with E-state index in [4.69, 9.17) is 0 Å². The number of para-hydroxylation sites is 1. The van der Waals surface area contributed by atoms with Crippen LogP contribution in [0.15, 0.2) is 65.6 Å². The Morgan fingerprint density at radius 1 is 0.794 bits per heavy atom. The van der Waals surface area contributed by atoms with Gasteiger partial charge in [0.15, 0.2) is 0 Å². The zero-order valence-corrected chi connectivity index (χ0v) is 20.7. The van der Waals surface area contributed by atoms with Crippen molar-refractivity contribution in [1.82, 2.24) is 5.32 Å². The molecule has 3 N–H and O–H groups in total. The summed E-state index contributed by atoms with van der Waals surface area (Å²) in [6, 6.07) is 16.5. The van der Waals surface area contributed by atoms with Gasteiger partial charge in [-0.3, -0.25) is 14.3 Å². The molecule has 0 heterocycles. The van der Waals surface area contributed by atoms with Gasteiger partial charge in [-0.15, -0.1) is 0 Å². The number of aryl methyl sites for hydroxylation is 2. The van der Waals surface area contributed by atoms with E-state index in [0.29, 0.717) is 22.5 Å². The normalized spacial score (nSPS) is 11.2. The molecule has 3 aromatic carbocycles. The SMILES string of the molecule is Cc1ccc(C(=O)Nc2ccccc2C(=O)NC(C)C)cc1S(=O)(=O)Nc1cccc(C)c1C. The molecule has 0 saturated heterocycles. The van der Waals surface area contributed by atoms with Crippen LogP contribution in [0.5, 0.6) is 0 Å². The highest BCUT2D eigenvalue weighted by Gasteiger charge is 2.21. The van der Waals surface area contributed by atoms with Gasteiger partial charge in [0.05, 0.1) is 21.8 Å². The fraction of sp³-hybridized carbons (Fsp3) is 0.231. The number of hydrogen-bond donors (Lipinski definition) is 3. The van der Waals surface area contributed by atoms with E-state index >= 15 is 0 Å². The smallest absolute Gasteiger partial charge is 0.262 e. The molecule has 0 aliphatic carbocycles. The number of sulfonamides is 1. The Balaban J connectivity index is 1.90. The van der Waals surface area contributed by atoms with Gasteiger partial charge in [-0.05, 0) is 81.6 Å². The highest BCUT2D eigenvalue weighted by atomic mass is 32.2. The molecule has 8 heteroatoms. The predicted octanol–water partition coefficient (Wildman–Crippen LogP) is 4.80. The van der Waals surface area contributed by atoms with Crippen LogP contribution in [0, 0.1) is 20.8 Å². The standard InChI is InChI=1S/C26H29N3O4S/c1-16(2)27-26(31)21-10-6-7-11-23(21)28-25(30)20-14-13-18(4)24(15-20)34(32,33)29-22-12-8-9-17(3)19(22)5/h6-16,29H,1-5H3,(H,27,31)(H,28,30). The monoisotopic (exact) mass is 479 g/mol. The van der Waals surface area contributed by atoms with Crippen molar-refractivity contribution in [1.29, 1.82) is 0 Å². The van der Waals surface area contributed by atoms with Crippen LogP contribution in [0.1, 0.15) is 51.3 Å². The zero-order valence-electron chi connectivity index (χ0n) is 19.9. The van der Waals surface area contributed by atoms with Crippen molar-refractivity contribution in [2.24, 2.45) is 0 Å². The van der Waals surface area contributed by atoms with Gasteiger partial charge in [0.1, 0.15) is 0 Å². The second kappa shape index (κ2) is 10.1. The lowest BCUT2D eigenvalue weighted by atomic mass is 10.1. The van der Waals surface area contributed by atoms with Crippen molar-refractivity contribution in [3.05, 3.63) is 88.5 Å². The summed E-state index contributed by atoms with van der Waals surface area (Å²) in [5.74, 6) is -0.830. The number of nitrogens with one attached hydrogen (secondary N) is 3. The molecular formula is C26H29N3O4S. The Morgan fingerprint density at radius 3 is 2.18 bits per heavy atom. The average Bonchev–Trinajstić information content (AvgIpc) is 2.76. The molecule has 7 nitrogen and oxygen atoms in total. The third-order valence-corrected chi connectivity index (χ3v) is 6.94. The second-order valence-electron chi connectivity index (χ2n) is 8.46. The molecule has 34 heavy (non-hydrogen) atoms. The minimum atomic E-state index is -3.94. The molecule has 178 valence electrons. The van der Waals surface area contributed by atoms with Crippen molar-refractivity contribution in [3.63, 3.8) is 0 Å². The third kappa shape index (κ3) is 5.63. The van der Waals surface area contributed by atoms with Crippen molar-refractivity contribution in [2.75, 3.05) is 10.0 Å². The fourth-order valence-corrected chi connectivity index (χ4v) is 4.81. The Hall–Kier alpha value is -3.65. The van der Waals surface area contributed by atoms with Crippen molar-refractivity contribution in [3.8, 4) is 0 Å². The number of anilines is 2. The zero-order chi connectivity index (χ0) is 25.0. The summed E-state index contributed by atoms with van der Waals surface area (Å²) in [5.41, 5.74) is 3.60. The first-order valence-electron chi connectivity index (χ1n) is 10.9. The molecule has 0 fully saturated rings. The lowest BCUT2D eigenvalue weighted by Crippen LogP contribution is -2.31. The fourth-order valence-electron chi connectivity index (χ4n) is 3.42. The Labute approximate surface area is 200 Å². The van der Waals surface area contributed by atoms with Gasteiger partial charge in [-0.25, -0.2) is 8.42 Å². The van der Waals surface area contributed by atoms with E-state index in [-0.39, 0.29) is 22.4 Å². The van der Waals surface area contributed by atoms with Gasteiger partial charge >= 0.3 is 0 Å². The van der Waals surface area contributed by atoms with Crippen LogP contribution in [-0.4, -0.2) is 26.3 Å². The number of carbonyl (C=O) groups excluding carboxylic acids is 2. The molecule has 0 radical (unpaired) electrons. The van der Waals surface area contributed by atoms with Crippen molar-refractivity contribution in [2.45, 2.75) is 45.6 Å². The lowest BCUT2D eigenvalue weighted by molar-refractivity contribution is 0.0944. The number of benzene rings is 3. The summed E-state index contributed by atoms with van der Waals surface area (Å²) in [5, 5.41) is 5.53. The van der Waals surface area contributed by atoms with Crippen molar-refractivity contribution < 1.29 is 18.0 Å². The van der Waals surface area contributed by atoms with E-state index in [9.17, 15) is 18.0 Å². The molecule has 0 atom stereocenters. The molecule has 0 saturated carbocycles. The Bertz CT molecular complexity index is 1350. The maximum absolute atomic E-state index is 13.2. The van der Waals surface area contributed by atoms with Crippen molar-refractivity contribution >= 4 is 33.2 Å². The van der Waals surface area contributed by atoms with E-state index < -0.39 is 15.9 Å². The summed E-state index contributed by atoms with van der Waals surface area (Å²) < 4.78 is 29.0. The van der Waals surface area contributed by atoms with E-state index in [0.717, 1.165) is 11.1 Å². The van der Waals surface area contributed by atoms with Crippen LogP contribution in [0.4, 0.5) is 11.4 Å². The summed E-state index contributed by atoms with van der Waals surface area (Å²) in [7, 11) is -3.94. The van der Waals surface area contributed by atoms with Gasteiger partial charge in [-0.1, -0.05) is 30.3 Å². The molecule has 0 aromatic heterocycles.